The summed E-state index contributed by atoms with van der Waals surface area (Å²) in [6, 6.07) is 0. The first-order chi connectivity index (χ1) is 8.50. The number of halogens is 2. The van der Waals surface area contributed by atoms with Crippen LogP contribution in [0.5, 0.6) is 0 Å². The van der Waals surface area contributed by atoms with Crippen LogP contribution in [0.15, 0.2) is 18.2 Å². The van der Waals surface area contributed by atoms with E-state index in [9.17, 15) is 0 Å². The van der Waals surface area contributed by atoms with Gasteiger partial charge in [-0.2, -0.15) is 6.08 Å². The van der Waals surface area contributed by atoms with Crippen molar-refractivity contribution in [3.05, 3.63) is 37.5 Å². The summed E-state index contributed by atoms with van der Waals surface area (Å²) >= 11 is 1.58. The Bertz CT molecular complexity index is 198. The predicted octanol–water partition coefficient (Wildman–Crippen LogP) is 3.94. The van der Waals surface area contributed by atoms with Gasteiger partial charge < -0.3 is 23.1 Å². The Labute approximate surface area is 169 Å². The summed E-state index contributed by atoms with van der Waals surface area (Å²) in [4.78, 5) is 8.66. The van der Waals surface area contributed by atoms with Crippen LogP contribution in [-0.2, 0) is 23.3 Å². The molecule has 138 valence electrons. The molecule has 0 unspecified atom stereocenters. The molecule has 0 bridgehead atoms. The number of nitrogens with one attached hydrogen (secondary N) is 1. The van der Waals surface area contributed by atoms with Crippen LogP contribution in [-0.4, -0.2) is 37.7 Å². The SMILES string of the molecule is CC(C)(C)[NH-].CO.C[Si](C)(C)O.Cl.Cl.[C-]1=CC=CC1.[CH3-].[SiH2]=[Zr]. The van der Waals surface area contributed by atoms with E-state index in [1.165, 1.54) is 0 Å². The number of hydrogen-bond donors (Lipinski definition) is 2. The third-order valence-electron chi connectivity index (χ3n) is 0.586. The molecule has 0 aromatic carbocycles. The van der Waals surface area contributed by atoms with Crippen molar-refractivity contribution in [2.24, 2.45) is 0 Å². The van der Waals surface area contributed by atoms with Gasteiger partial charge in [0.25, 0.3) is 0 Å². The fourth-order valence-electron chi connectivity index (χ4n) is 0.340. The van der Waals surface area contributed by atoms with Gasteiger partial charge in [-0.05, 0) is 19.6 Å². The molecule has 0 saturated carbocycles. The summed E-state index contributed by atoms with van der Waals surface area (Å²) in [6.45, 7) is 13.2. The molecule has 0 aromatic rings. The molecule has 3 N–H and O–H groups in total. The van der Waals surface area contributed by atoms with Gasteiger partial charge >= 0.3 is 30.2 Å². The molecule has 22 heavy (non-hydrogen) atoms. The molecule has 8 heteroatoms. The van der Waals surface area contributed by atoms with Gasteiger partial charge in [-0.3, -0.25) is 6.08 Å². The molecule has 0 atom stereocenters. The second-order valence-corrected chi connectivity index (χ2v) is 9.77. The van der Waals surface area contributed by atoms with Crippen molar-refractivity contribution >= 4 is 40.0 Å². The number of aliphatic hydroxyl groups is 1. The minimum absolute atomic E-state index is 0. The zero-order chi connectivity index (χ0) is 16.5. The molecule has 0 amide bonds. The van der Waals surface area contributed by atoms with Crippen LogP contribution >= 0.6 is 24.8 Å². The number of rotatable bonds is 0. The minimum atomic E-state index is -1.61. The summed E-state index contributed by atoms with van der Waals surface area (Å²) in [6.07, 6.45) is 10.0. The fourth-order valence-corrected chi connectivity index (χ4v) is 0.340. The Kier molecular flexibility index (Phi) is 59.8. The van der Waals surface area contributed by atoms with Crippen molar-refractivity contribution in [1.82, 2.24) is 0 Å². The van der Waals surface area contributed by atoms with E-state index in [0.29, 0.717) is 0 Å². The Morgan fingerprint density at radius 1 is 1.14 bits per heavy atom. The van der Waals surface area contributed by atoms with Crippen molar-refractivity contribution in [2.75, 3.05) is 7.11 Å². The van der Waals surface area contributed by atoms with Gasteiger partial charge in [-0.1, -0.05) is 20.8 Å². The number of allylic oxidation sites excluding steroid dienone is 4. The van der Waals surface area contributed by atoms with Crippen molar-refractivity contribution < 1.29 is 33.2 Å². The van der Waals surface area contributed by atoms with Crippen molar-refractivity contribution in [3.8, 4) is 0 Å². The van der Waals surface area contributed by atoms with Gasteiger partial charge in [0.15, 0.2) is 8.32 Å². The Hall–Kier alpha value is 1.26. The van der Waals surface area contributed by atoms with Crippen molar-refractivity contribution in [2.45, 2.75) is 52.4 Å². The van der Waals surface area contributed by atoms with Gasteiger partial charge in [0.05, 0.1) is 0 Å². The maximum atomic E-state index is 8.66. The summed E-state index contributed by atoms with van der Waals surface area (Å²) in [5.74, 6) is 0. The summed E-state index contributed by atoms with van der Waals surface area (Å²) in [7, 11) is -0.611. The van der Waals surface area contributed by atoms with Gasteiger partial charge in [0.1, 0.15) is 0 Å². The molecule has 1 aliphatic rings. The van der Waals surface area contributed by atoms with Gasteiger partial charge in [-0.15, -0.1) is 36.8 Å². The summed E-state index contributed by atoms with van der Waals surface area (Å²) < 4.78 is 0. The molecular formula is C14H36Cl2NO2Si2Zr-3. The molecule has 0 saturated heterocycles. The first-order valence-corrected chi connectivity index (χ1v) is 15.4. The van der Waals surface area contributed by atoms with Crippen LogP contribution in [0.2, 0.25) is 19.6 Å². The average molecular weight is 469 g/mol. The zero-order valence-electron chi connectivity index (χ0n) is 15.4. The van der Waals surface area contributed by atoms with E-state index < -0.39 is 8.32 Å². The summed E-state index contributed by atoms with van der Waals surface area (Å²) in [5, 5.41) is 7.00. The monoisotopic (exact) mass is 466 g/mol. The molecule has 0 heterocycles. The van der Waals surface area contributed by atoms with Crippen LogP contribution in [0.3, 0.4) is 0 Å². The zero-order valence-corrected chi connectivity index (χ0v) is 21.9. The Morgan fingerprint density at radius 3 is 1.41 bits per heavy atom. The molecule has 1 rings (SSSR count). The van der Waals surface area contributed by atoms with E-state index in [1.807, 2.05) is 59.4 Å². The fraction of sp³-hybridized carbons (Fsp3) is 0.643. The van der Waals surface area contributed by atoms with E-state index in [4.69, 9.17) is 15.6 Å². The third kappa shape index (κ3) is 223. The normalized spacial score (nSPS) is 9.86. The average Bonchev–Trinajstić information content (AvgIpc) is 2.75. The molecule has 3 nitrogen and oxygen atoms in total. The molecular weight excluding hydrogens is 432 g/mol. The van der Waals surface area contributed by atoms with E-state index in [0.717, 1.165) is 13.5 Å². The number of hydrogen-bond acceptors (Lipinski definition) is 2. The first kappa shape index (κ1) is 43.6. The van der Waals surface area contributed by atoms with Crippen LogP contribution in [0, 0.1) is 13.5 Å². The van der Waals surface area contributed by atoms with Crippen LogP contribution < -0.4 is 0 Å². The standard InChI is InChI=1S/C5H5.C4H10N.C3H10OSi.CH4O.CH3.2ClH.H2Si.Zr/c1-2-4-5-3-1;1-4(2,3)5;1-5(2,3)4;1-2;;;;;/h1-3H,4H2;5H,1-3H3;4H,1-3H3;2H,1H3;1H3;2*1H;1H2;/q2*-1;;;-1;;;;. The van der Waals surface area contributed by atoms with E-state index >= 15 is 0 Å². The Morgan fingerprint density at radius 2 is 1.36 bits per heavy atom. The quantitative estimate of drug-likeness (QED) is 0.418. The predicted molar refractivity (Wildman–Crippen MR) is 109 cm³/mol. The molecule has 0 fully saturated rings. The summed E-state index contributed by atoms with van der Waals surface area (Å²) in [5.41, 5.74) is 6.69. The van der Waals surface area contributed by atoms with Gasteiger partial charge in [0, 0.05) is 7.11 Å². The van der Waals surface area contributed by atoms with Gasteiger partial charge in [-0.25, -0.2) is 12.2 Å². The number of aliphatic hydroxyl groups excluding tert-OH is 1. The van der Waals surface area contributed by atoms with E-state index in [1.54, 1.807) is 23.3 Å². The first-order valence-electron chi connectivity index (χ1n) is 5.99. The van der Waals surface area contributed by atoms with Crippen LogP contribution in [0.25, 0.3) is 5.73 Å². The van der Waals surface area contributed by atoms with Crippen molar-refractivity contribution in [1.29, 1.82) is 0 Å². The second-order valence-electron chi connectivity index (χ2n) is 5.42. The Balaban J connectivity index is -0.0000000259. The van der Waals surface area contributed by atoms with E-state index in [2.05, 4.69) is 12.2 Å². The molecule has 0 aromatic heterocycles. The van der Waals surface area contributed by atoms with Crippen LogP contribution in [0.4, 0.5) is 0 Å². The topological polar surface area (TPSA) is 64.3 Å². The second kappa shape index (κ2) is 30.2. The van der Waals surface area contributed by atoms with Gasteiger partial charge in [0.2, 0.25) is 0 Å². The van der Waals surface area contributed by atoms with E-state index in [-0.39, 0.29) is 37.8 Å². The molecule has 1 aliphatic carbocycles. The third-order valence-corrected chi connectivity index (χ3v) is 0.586. The maximum absolute atomic E-state index is 8.66. The van der Waals surface area contributed by atoms with Crippen LogP contribution in [0.1, 0.15) is 27.2 Å². The molecule has 0 spiro atoms. The molecule has 0 radical (unpaired) electrons. The van der Waals surface area contributed by atoms with Crippen molar-refractivity contribution in [3.63, 3.8) is 0 Å². The molecule has 0 aliphatic heterocycles.